The standard InChI is InChI=1S/C7H9FO3Si/c8-6-3-1-2-5(4-6)7(9,10)11-12/h1-4,9-10H,12H3. The Labute approximate surface area is 72.0 Å². The molecule has 1 aromatic carbocycles. The molecule has 0 spiro atoms. The lowest BCUT2D eigenvalue weighted by atomic mass is 10.2. The molecule has 3 nitrogen and oxygen atoms in total. The van der Waals surface area contributed by atoms with Gasteiger partial charge in [-0.1, -0.05) is 12.1 Å². The Morgan fingerprint density at radius 1 is 1.42 bits per heavy atom. The molecule has 66 valence electrons. The second-order valence-corrected chi connectivity index (χ2v) is 2.73. The van der Waals surface area contributed by atoms with Crippen LogP contribution in [0.4, 0.5) is 4.39 Å². The van der Waals surface area contributed by atoms with Gasteiger partial charge in [-0.05, 0) is 12.1 Å². The maximum absolute atomic E-state index is 12.6. The highest BCUT2D eigenvalue weighted by Crippen LogP contribution is 2.18. The molecule has 5 heteroatoms. The minimum atomic E-state index is -2.35. The summed E-state index contributed by atoms with van der Waals surface area (Å²) in [5.41, 5.74) is -0.00231. The highest BCUT2D eigenvalue weighted by atomic mass is 28.2. The van der Waals surface area contributed by atoms with E-state index in [4.69, 9.17) is 10.2 Å². The van der Waals surface area contributed by atoms with E-state index in [1.54, 1.807) is 0 Å². The Balaban J connectivity index is 3.03. The summed E-state index contributed by atoms with van der Waals surface area (Å²) in [6.45, 7) is 0. The van der Waals surface area contributed by atoms with E-state index in [0.29, 0.717) is 0 Å². The van der Waals surface area contributed by atoms with Gasteiger partial charge in [-0.25, -0.2) is 4.39 Å². The zero-order chi connectivity index (χ0) is 9.19. The average Bonchev–Trinajstić information content (AvgIpc) is 2.05. The predicted molar refractivity (Wildman–Crippen MR) is 43.5 cm³/mol. The van der Waals surface area contributed by atoms with Crippen molar-refractivity contribution in [2.75, 3.05) is 0 Å². The van der Waals surface area contributed by atoms with Gasteiger partial charge in [0.15, 0.2) is 10.5 Å². The Morgan fingerprint density at radius 3 is 2.58 bits per heavy atom. The van der Waals surface area contributed by atoms with E-state index < -0.39 is 11.8 Å². The first-order valence-corrected chi connectivity index (χ1v) is 4.14. The fraction of sp³-hybridized carbons (Fsp3) is 0.143. The second-order valence-electron chi connectivity index (χ2n) is 2.32. The fourth-order valence-electron chi connectivity index (χ4n) is 0.809. The number of halogens is 1. The topological polar surface area (TPSA) is 49.7 Å². The largest absolute Gasteiger partial charge is 0.377 e. The van der Waals surface area contributed by atoms with Crippen molar-refractivity contribution in [3.63, 3.8) is 0 Å². The summed E-state index contributed by atoms with van der Waals surface area (Å²) in [5, 5.41) is 18.2. The van der Waals surface area contributed by atoms with Gasteiger partial charge in [0, 0.05) is 5.56 Å². The molecule has 0 saturated heterocycles. The maximum atomic E-state index is 12.6. The van der Waals surface area contributed by atoms with E-state index in [-0.39, 0.29) is 16.0 Å². The summed E-state index contributed by atoms with van der Waals surface area (Å²) in [7, 11) is 0.158. The molecule has 1 rings (SSSR count). The molecule has 0 unspecified atom stereocenters. The molecule has 0 heterocycles. The van der Waals surface area contributed by atoms with Gasteiger partial charge in [0.1, 0.15) is 5.82 Å². The summed E-state index contributed by atoms with van der Waals surface area (Å²) in [6.07, 6.45) is 0. The lowest BCUT2D eigenvalue weighted by molar-refractivity contribution is -0.303. The number of hydrogen-bond donors (Lipinski definition) is 2. The Bertz CT molecular complexity index is 277. The van der Waals surface area contributed by atoms with Crippen molar-refractivity contribution in [3.8, 4) is 0 Å². The maximum Gasteiger partial charge on any atom is 0.296 e. The van der Waals surface area contributed by atoms with Gasteiger partial charge >= 0.3 is 0 Å². The Morgan fingerprint density at radius 2 is 2.08 bits per heavy atom. The number of rotatable bonds is 2. The molecule has 12 heavy (non-hydrogen) atoms. The Hall–Kier alpha value is -0.753. The van der Waals surface area contributed by atoms with E-state index in [0.717, 1.165) is 6.07 Å². The summed E-state index contributed by atoms with van der Waals surface area (Å²) in [6, 6.07) is 4.98. The highest BCUT2D eigenvalue weighted by Gasteiger charge is 2.24. The van der Waals surface area contributed by atoms with Crippen molar-refractivity contribution in [1.82, 2.24) is 0 Å². The number of aliphatic hydroxyl groups is 2. The van der Waals surface area contributed by atoms with Gasteiger partial charge in [-0.2, -0.15) is 0 Å². The van der Waals surface area contributed by atoms with Crippen LogP contribution >= 0.6 is 0 Å². The zero-order valence-electron chi connectivity index (χ0n) is 6.49. The minimum absolute atomic E-state index is 0.00231. The van der Waals surface area contributed by atoms with Crippen molar-refractivity contribution < 1.29 is 19.0 Å². The van der Waals surface area contributed by atoms with Crippen molar-refractivity contribution in [2.24, 2.45) is 0 Å². The minimum Gasteiger partial charge on any atom is -0.377 e. The molecule has 0 bridgehead atoms. The van der Waals surface area contributed by atoms with Gasteiger partial charge in [-0.15, -0.1) is 0 Å². The van der Waals surface area contributed by atoms with E-state index in [9.17, 15) is 4.39 Å². The molecule has 0 fully saturated rings. The Kier molecular flexibility index (Phi) is 2.58. The van der Waals surface area contributed by atoms with E-state index >= 15 is 0 Å². The van der Waals surface area contributed by atoms with Gasteiger partial charge in [0.25, 0.3) is 5.97 Å². The van der Waals surface area contributed by atoms with Crippen LogP contribution in [0.15, 0.2) is 24.3 Å². The molecule has 0 aliphatic carbocycles. The van der Waals surface area contributed by atoms with Crippen molar-refractivity contribution in [2.45, 2.75) is 5.97 Å². The lowest BCUT2D eigenvalue weighted by Gasteiger charge is -2.19. The second kappa shape index (κ2) is 3.32. The molecule has 2 N–H and O–H groups in total. The van der Waals surface area contributed by atoms with Gasteiger partial charge in [-0.3, -0.25) is 0 Å². The summed E-state index contributed by atoms with van der Waals surface area (Å²) < 4.78 is 17.0. The normalized spacial score (nSPS) is 11.9. The molecule has 0 radical (unpaired) electrons. The van der Waals surface area contributed by atoms with Crippen molar-refractivity contribution in [3.05, 3.63) is 35.6 Å². The van der Waals surface area contributed by atoms with E-state index in [2.05, 4.69) is 4.43 Å². The van der Waals surface area contributed by atoms with Crippen LogP contribution < -0.4 is 0 Å². The average molecular weight is 188 g/mol. The van der Waals surface area contributed by atoms with Crippen LogP contribution in [0, 0.1) is 5.82 Å². The molecular formula is C7H9FO3Si. The fourth-order valence-corrected chi connectivity index (χ4v) is 1.04. The molecule has 0 atom stereocenters. The lowest BCUT2D eigenvalue weighted by Crippen LogP contribution is -2.27. The third-order valence-electron chi connectivity index (χ3n) is 1.49. The van der Waals surface area contributed by atoms with Crippen molar-refractivity contribution in [1.29, 1.82) is 0 Å². The van der Waals surface area contributed by atoms with Gasteiger partial charge < -0.3 is 14.6 Å². The smallest absolute Gasteiger partial charge is 0.296 e. The highest BCUT2D eigenvalue weighted by molar-refractivity contribution is 5.98. The zero-order valence-corrected chi connectivity index (χ0v) is 8.49. The van der Waals surface area contributed by atoms with Crippen LogP contribution in [0.3, 0.4) is 0 Å². The van der Waals surface area contributed by atoms with Crippen molar-refractivity contribution >= 4 is 10.5 Å². The molecule has 0 aliphatic heterocycles. The number of benzene rings is 1. The third-order valence-corrected chi connectivity index (χ3v) is 2.05. The molecular weight excluding hydrogens is 179 g/mol. The third kappa shape index (κ3) is 1.89. The van der Waals surface area contributed by atoms with Crippen LogP contribution in [0.1, 0.15) is 5.56 Å². The quantitative estimate of drug-likeness (QED) is 0.473. The molecule has 1 aromatic rings. The first-order chi connectivity index (χ1) is 5.56. The predicted octanol–water partition coefficient (Wildman–Crippen LogP) is -0.782. The van der Waals surface area contributed by atoms with Crippen LogP contribution in [-0.4, -0.2) is 20.7 Å². The summed E-state index contributed by atoms with van der Waals surface area (Å²) in [4.78, 5) is 0. The molecule has 0 amide bonds. The van der Waals surface area contributed by atoms with Gasteiger partial charge in [0.05, 0.1) is 0 Å². The summed E-state index contributed by atoms with van der Waals surface area (Å²) in [5.74, 6) is -2.88. The SMILES string of the molecule is OC(O)(O[SiH3])c1cccc(F)c1. The number of hydrogen-bond acceptors (Lipinski definition) is 3. The van der Waals surface area contributed by atoms with Crippen LogP contribution in [0.25, 0.3) is 0 Å². The van der Waals surface area contributed by atoms with Crippen LogP contribution in [0.2, 0.25) is 0 Å². The monoisotopic (exact) mass is 188 g/mol. The van der Waals surface area contributed by atoms with Gasteiger partial charge in [0.2, 0.25) is 0 Å². The van der Waals surface area contributed by atoms with Crippen LogP contribution in [0.5, 0.6) is 0 Å². The first kappa shape index (κ1) is 9.34. The van der Waals surface area contributed by atoms with Crippen LogP contribution in [-0.2, 0) is 10.4 Å². The first-order valence-electron chi connectivity index (χ1n) is 3.32. The molecule has 0 saturated carbocycles. The summed E-state index contributed by atoms with van der Waals surface area (Å²) >= 11 is 0. The molecule has 0 aliphatic rings. The van der Waals surface area contributed by atoms with E-state index in [1.807, 2.05) is 0 Å². The van der Waals surface area contributed by atoms with E-state index in [1.165, 1.54) is 18.2 Å². The molecule has 0 aromatic heterocycles.